The summed E-state index contributed by atoms with van der Waals surface area (Å²) in [6, 6.07) is 14.4. The number of piperidine rings is 1. The molecule has 0 aliphatic carbocycles. The first-order valence-corrected chi connectivity index (χ1v) is 12.8. The predicted molar refractivity (Wildman–Crippen MR) is 134 cm³/mol. The molecule has 34 heavy (non-hydrogen) atoms. The van der Waals surface area contributed by atoms with Crippen molar-refractivity contribution in [1.82, 2.24) is 5.32 Å². The van der Waals surface area contributed by atoms with Crippen LogP contribution in [0.5, 0.6) is 0 Å². The van der Waals surface area contributed by atoms with Crippen LogP contribution in [0, 0.1) is 11.3 Å². The van der Waals surface area contributed by atoms with Gasteiger partial charge in [-0.1, -0.05) is 18.2 Å². The van der Waals surface area contributed by atoms with Crippen LogP contribution in [-0.4, -0.2) is 67.3 Å². The summed E-state index contributed by atoms with van der Waals surface area (Å²) in [5, 5.41) is 15.0. The second-order valence-corrected chi connectivity index (χ2v) is 8.91. The van der Waals surface area contributed by atoms with Crippen molar-refractivity contribution in [2.45, 2.75) is 31.0 Å². The fourth-order valence-corrected chi connectivity index (χ4v) is 4.16. The number of rotatable bonds is 11. The van der Waals surface area contributed by atoms with E-state index in [4.69, 9.17) is 9.47 Å². The van der Waals surface area contributed by atoms with E-state index in [1.807, 2.05) is 24.3 Å². The van der Waals surface area contributed by atoms with Gasteiger partial charge in [0.2, 0.25) is 0 Å². The van der Waals surface area contributed by atoms with E-state index in [0.717, 1.165) is 29.4 Å². The number of nitrogens with zero attached hydrogens (tertiary/aromatic N) is 2. The second-order valence-electron chi connectivity index (χ2n) is 8.05. The topological polar surface area (TPSA) is 91.7 Å². The number of nitriles is 1. The van der Waals surface area contributed by atoms with Gasteiger partial charge in [-0.15, -0.1) is 0 Å². The second kappa shape index (κ2) is 13.8. The summed E-state index contributed by atoms with van der Waals surface area (Å²) in [5.41, 5.74) is 2.08. The van der Waals surface area contributed by atoms with Crippen molar-refractivity contribution < 1.29 is 19.1 Å². The third-order valence-electron chi connectivity index (χ3n) is 5.57. The molecule has 1 aliphatic rings. The molecular formula is C26H30N3O4Se. The summed E-state index contributed by atoms with van der Waals surface area (Å²) in [7, 11) is 0. The van der Waals surface area contributed by atoms with Crippen LogP contribution in [0.4, 0.5) is 5.69 Å². The number of carbonyl (C=O) groups excluding carboxylic acids is 2. The number of hydrogen-bond acceptors (Lipinski definition) is 6. The molecule has 1 heterocycles. The van der Waals surface area contributed by atoms with Gasteiger partial charge in [0.25, 0.3) is 0 Å². The minimum atomic E-state index is -0.447. The zero-order valence-electron chi connectivity index (χ0n) is 19.3. The summed E-state index contributed by atoms with van der Waals surface area (Å²) < 4.78 is 10.3. The number of carbonyl (C=O) groups is 2. The van der Waals surface area contributed by atoms with E-state index in [1.165, 1.54) is 24.9 Å². The van der Waals surface area contributed by atoms with Crippen molar-refractivity contribution in [3.8, 4) is 6.07 Å². The van der Waals surface area contributed by atoms with Crippen LogP contribution in [0.1, 0.15) is 31.2 Å². The third kappa shape index (κ3) is 7.88. The van der Waals surface area contributed by atoms with Crippen LogP contribution >= 0.6 is 0 Å². The first-order chi connectivity index (χ1) is 16.6. The molecule has 1 radical (unpaired) electrons. The van der Waals surface area contributed by atoms with Crippen molar-refractivity contribution >= 4 is 50.4 Å². The van der Waals surface area contributed by atoms with Crippen molar-refractivity contribution in [2.24, 2.45) is 0 Å². The molecule has 1 N–H and O–H groups in total. The number of fused-ring (bicyclic) bond motifs is 1. The van der Waals surface area contributed by atoms with Gasteiger partial charge < -0.3 is 4.90 Å². The molecule has 179 valence electrons. The minimum absolute atomic E-state index is 0.0367. The molecule has 1 saturated heterocycles. The third-order valence-corrected chi connectivity index (χ3v) is 6.00. The fourth-order valence-electron chi connectivity index (χ4n) is 3.81. The van der Waals surface area contributed by atoms with Crippen LogP contribution in [0.15, 0.2) is 42.0 Å². The average Bonchev–Trinajstić information content (AvgIpc) is 2.86. The van der Waals surface area contributed by atoms with E-state index in [9.17, 15) is 14.9 Å². The van der Waals surface area contributed by atoms with E-state index in [1.54, 1.807) is 6.08 Å². The summed E-state index contributed by atoms with van der Waals surface area (Å²) in [6.07, 6.45) is 5.72. The maximum absolute atomic E-state index is 12.4. The normalized spacial score (nSPS) is 14.0. The molecule has 0 unspecified atom stereocenters. The molecule has 1 amide bonds. The van der Waals surface area contributed by atoms with Crippen LogP contribution in [-0.2, 0) is 19.1 Å². The number of hydrogen-bond donors (Lipinski definition) is 1. The fraction of sp³-hybridized carbons (Fsp3) is 0.423. The number of benzene rings is 2. The molecule has 7 nitrogen and oxygen atoms in total. The quantitative estimate of drug-likeness (QED) is 0.158. The van der Waals surface area contributed by atoms with E-state index >= 15 is 0 Å². The van der Waals surface area contributed by atoms with Gasteiger partial charge in [0.05, 0.1) is 0 Å². The summed E-state index contributed by atoms with van der Waals surface area (Å²) >= 11 is 2.75. The van der Waals surface area contributed by atoms with Gasteiger partial charge in [0.1, 0.15) is 6.07 Å². The monoisotopic (exact) mass is 528 g/mol. The molecule has 3 rings (SSSR count). The molecule has 0 atom stereocenters. The van der Waals surface area contributed by atoms with E-state index in [-0.39, 0.29) is 37.9 Å². The molecule has 1 fully saturated rings. The molecule has 0 spiro atoms. The van der Waals surface area contributed by atoms with Crippen LogP contribution in [0.3, 0.4) is 0 Å². The molecular weight excluding hydrogens is 497 g/mol. The summed E-state index contributed by atoms with van der Waals surface area (Å²) in [5.74, 6) is -0.715. The van der Waals surface area contributed by atoms with Gasteiger partial charge in [-0.3, -0.25) is 0 Å². The van der Waals surface area contributed by atoms with Crippen molar-refractivity contribution in [2.75, 3.05) is 44.4 Å². The van der Waals surface area contributed by atoms with Crippen LogP contribution in [0.2, 0.25) is 5.32 Å². The van der Waals surface area contributed by atoms with Crippen LogP contribution < -0.4 is 10.2 Å². The number of nitrogens with one attached hydrogen (secondary N) is 1. The number of ether oxygens (including phenoxy) is 2. The number of amides is 1. The SMILES string of the molecule is N#C/C(=C\c1ccc2cc(N3CCCCC3)ccc2c1)C(=O)NCCOCCOC(=O)CC[Se]. The number of anilines is 1. The molecule has 8 heteroatoms. The Balaban J connectivity index is 1.50. The summed E-state index contributed by atoms with van der Waals surface area (Å²) in [6.45, 7) is 3.16. The van der Waals surface area contributed by atoms with Gasteiger partial charge in [-0.25, -0.2) is 0 Å². The maximum atomic E-state index is 12.4. The Hall–Kier alpha value is -2.85. The molecule has 0 bridgehead atoms. The van der Waals surface area contributed by atoms with E-state index < -0.39 is 5.91 Å². The Morgan fingerprint density at radius 2 is 1.82 bits per heavy atom. The zero-order chi connectivity index (χ0) is 24.2. The zero-order valence-corrected chi connectivity index (χ0v) is 21.0. The predicted octanol–water partition coefficient (Wildman–Crippen LogP) is 3.39. The van der Waals surface area contributed by atoms with Gasteiger partial charge >= 0.3 is 95.9 Å². The Morgan fingerprint density at radius 3 is 2.59 bits per heavy atom. The molecule has 0 aromatic heterocycles. The van der Waals surface area contributed by atoms with Gasteiger partial charge in [0.15, 0.2) is 0 Å². The standard InChI is InChI=1S/C26H30N3O4Se/c27-19-23(26(31)28-9-12-32-13-14-33-25(30)8-15-34)17-20-4-5-22-18-24(7-6-21(22)16-20)29-10-2-1-3-11-29/h4-7,16-18H,1-3,8-15H2,(H,28,31)/b23-17+. The van der Waals surface area contributed by atoms with Crippen molar-refractivity contribution in [3.63, 3.8) is 0 Å². The van der Waals surface area contributed by atoms with E-state index in [2.05, 4.69) is 44.4 Å². The van der Waals surface area contributed by atoms with Gasteiger partial charge in [-0.2, -0.15) is 5.26 Å². The number of esters is 1. The van der Waals surface area contributed by atoms with E-state index in [0.29, 0.717) is 11.7 Å². The first kappa shape index (κ1) is 25.8. The molecule has 2 aromatic carbocycles. The van der Waals surface area contributed by atoms with Crippen molar-refractivity contribution in [1.29, 1.82) is 5.26 Å². The van der Waals surface area contributed by atoms with Gasteiger partial charge in [0, 0.05) is 18.8 Å². The Kier molecular flexibility index (Phi) is 10.4. The Morgan fingerprint density at radius 1 is 1.06 bits per heavy atom. The average molecular weight is 528 g/mol. The van der Waals surface area contributed by atoms with Crippen molar-refractivity contribution in [3.05, 3.63) is 47.5 Å². The molecule has 2 aromatic rings. The Labute approximate surface area is 208 Å². The molecule has 0 saturated carbocycles. The van der Waals surface area contributed by atoms with Gasteiger partial charge in [-0.05, 0) is 59.9 Å². The molecule has 1 aliphatic heterocycles. The first-order valence-electron chi connectivity index (χ1n) is 11.6. The Bertz CT molecular complexity index is 1060. The summed E-state index contributed by atoms with van der Waals surface area (Å²) in [4.78, 5) is 26.0. The van der Waals surface area contributed by atoms with Crippen LogP contribution in [0.25, 0.3) is 16.8 Å².